The van der Waals surface area contributed by atoms with Crippen LogP contribution in [0.1, 0.15) is 70.8 Å². The Labute approximate surface area is 197 Å². The van der Waals surface area contributed by atoms with Crippen molar-refractivity contribution in [1.29, 1.82) is 0 Å². The number of anilines is 1. The van der Waals surface area contributed by atoms with Gasteiger partial charge < -0.3 is 24.8 Å². The predicted molar refractivity (Wildman–Crippen MR) is 130 cm³/mol. The lowest BCUT2D eigenvalue weighted by atomic mass is 9.83. The van der Waals surface area contributed by atoms with Gasteiger partial charge in [-0.05, 0) is 65.8 Å². The van der Waals surface area contributed by atoms with Crippen molar-refractivity contribution in [2.75, 3.05) is 32.6 Å². The molecule has 8 heteroatoms. The molecule has 3 heterocycles. The normalized spacial score (nSPS) is 26.8. The third kappa shape index (κ3) is 5.55. The highest BCUT2D eigenvalue weighted by atomic mass is 16.5. The van der Waals surface area contributed by atoms with Crippen LogP contribution in [0.15, 0.2) is 12.4 Å². The molecule has 4 rings (SSSR count). The van der Waals surface area contributed by atoms with Gasteiger partial charge in [-0.15, -0.1) is 0 Å². The number of likely N-dealkylation sites (tertiary alicyclic amines) is 1. The van der Waals surface area contributed by atoms with E-state index in [1.165, 1.54) is 0 Å². The molecule has 2 atom stereocenters. The van der Waals surface area contributed by atoms with Crippen LogP contribution < -0.4 is 10.1 Å². The maximum atomic E-state index is 9.98. The Morgan fingerprint density at radius 3 is 2.64 bits per heavy atom. The number of nitrogens with zero attached hydrogens (tertiary/aromatic N) is 4. The summed E-state index contributed by atoms with van der Waals surface area (Å²) in [6.07, 6.45) is 9.13. The van der Waals surface area contributed by atoms with Crippen molar-refractivity contribution >= 4 is 16.9 Å². The molecular weight excluding hydrogens is 418 g/mol. The number of rotatable bonds is 7. The maximum absolute atomic E-state index is 9.98. The molecule has 2 aromatic rings. The standard InChI is InChI=1S/C25H39N5O3/c1-16(15-32-5)28-24-27-14-21-22(29-24)20(17-6-8-18(31)9-7-17)13-26-23(21)33-19-10-11-30(4)25(2,3)12-19/h13-14,16-19,31H,6-12,15H2,1-5H3,(H,27,28,29)/t16-,17?,18?,19+/m0/s1. The summed E-state index contributed by atoms with van der Waals surface area (Å²) in [5.41, 5.74) is 2.11. The topological polar surface area (TPSA) is 92.6 Å². The van der Waals surface area contributed by atoms with Gasteiger partial charge in [0.2, 0.25) is 11.8 Å². The Kier molecular flexibility index (Phi) is 7.36. The quantitative estimate of drug-likeness (QED) is 0.650. The second-order valence-corrected chi connectivity index (χ2v) is 10.4. The molecule has 0 amide bonds. The van der Waals surface area contributed by atoms with Crippen LogP contribution >= 0.6 is 0 Å². The summed E-state index contributed by atoms with van der Waals surface area (Å²) in [5.74, 6) is 1.53. The summed E-state index contributed by atoms with van der Waals surface area (Å²) in [6.45, 7) is 8.14. The first-order chi connectivity index (χ1) is 15.8. The average Bonchev–Trinajstić information content (AvgIpc) is 2.77. The second kappa shape index (κ2) is 10.1. The number of piperidine rings is 1. The minimum Gasteiger partial charge on any atom is -0.474 e. The van der Waals surface area contributed by atoms with Gasteiger partial charge >= 0.3 is 0 Å². The van der Waals surface area contributed by atoms with Crippen LogP contribution in [0, 0.1) is 0 Å². The van der Waals surface area contributed by atoms with E-state index >= 15 is 0 Å². The average molecular weight is 458 g/mol. The molecular formula is C25H39N5O3. The monoisotopic (exact) mass is 457 g/mol. The summed E-state index contributed by atoms with van der Waals surface area (Å²) < 4.78 is 11.7. The van der Waals surface area contributed by atoms with Crippen LogP contribution in [0.2, 0.25) is 0 Å². The first kappa shape index (κ1) is 24.1. The maximum Gasteiger partial charge on any atom is 0.224 e. The van der Waals surface area contributed by atoms with Crippen LogP contribution in [0.4, 0.5) is 5.95 Å². The number of pyridine rings is 1. The fraction of sp³-hybridized carbons (Fsp3) is 0.720. The Balaban J connectivity index is 1.66. The molecule has 0 bridgehead atoms. The Morgan fingerprint density at radius 1 is 1.18 bits per heavy atom. The number of ether oxygens (including phenoxy) is 2. The highest BCUT2D eigenvalue weighted by Crippen LogP contribution is 2.38. The van der Waals surface area contributed by atoms with E-state index in [2.05, 4.69) is 36.1 Å². The van der Waals surface area contributed by atoms with E-state index < -0.39 is 0 Å². The van der Waals surface area contributed by atoms with Crippen molar-refractivity contribution in [1.82, 2.24) is 19.9 Å². The van der Waals surface area contributed by atoms with Crippen LogP contribution in [-0.2, 0) is 4.74 Å². The molecule has 182 valence electrons. The predicted octanol–water partition coefficient (Wildman–Crippen LogP) is 3.74. The van der Waals surface area contributed by atoms with E-state index in [1.54, 1.807) is 7.11 Å². The van der Waals surface area contributed by atoms with Crippen molar-refractivity contribution in [2.45, 2.75) is 89.0 Å². The van der Waals surface area contributed by atoms with E-state index in [1.807, 2.05) is 19.3 Å². The molecule has 0 unspecified atom stereocenters. The molecule has 1 saturated carbocycles. The van der Waals surface area contributed by atoms with Crippen molar-refractivity contribution < 1.29 is 14.6 Å². The van der Waals surface area contributed by atoms with Gasteiger partial charge in [0.05, 0.1) is 23.6 Å². The van der Waals surface area contributed by atoms with Crippen LogP contribution in [-0.4, -0.2) is 76.1 Å². The van der Waals surface area contributed by atoms with Gasteiger partial charge in [-0.2, -0.15) is 0 Å². The Hall–Kier alpha value is -2.03. The van der Waals surface area contributed by atoms with Crippen LogP contribution in [0.3, 0.4) is 0 Å². The number of hydrogen-bond acceptors (Lipinski definition) is 8. The lowest BCUT2D eigenvalue weighted by Crippen LogP contribution is -2.50. The fourth-order valence-corrected chi connectivity index (χ4v) is 5.09. The van der Waals surface area contributed by atoms with E-state index in [0.717, 1.165) is 61.5 Å². The zero-order valence-corrected chi connectivity index (χ0v) is 20.7. The number of hydrogen-bond donors (Lipinski definition) is 2. The van der Waals surface area contributed by atoms with Gasteiger partial charge in [-0.25, -0.2) is 15.0 Å². The van der Waals surface area contributed by atoms with Crippen molar-refractivity contribution in [3.63, 3.8) is 0 Å². The minimum atomic E-state index is -0.197. The molecule has 1 saturated heterocycles. The highest BCUT2D eigenvalue weighted by Gasteiger charge is 2.34. The zero-order chi connectivity index (χ0) is 23.6. The number of methoxy groups -OCH3 is 1. The molecule has 2 aromatic heterocycles. The molecule has 0 aromatic carbocycles. The highest BCUT2D eigenvalue weighted by molar-refractivity contribution is 5.86. The van der Waals surface area contributed by atoms with Crippen LogP contribution in [0.5, 0.6) is 5.88 Å². The number of aliphatic hydroxyl groups is 1. The molecule has 1 aliphatic carbocycles. The van der Waals surface area contributed by atoms with Gasteiger partial charge in [-0.1, -0.05) is 0 Å². The number of aliphatic hydroxyl groups excluding tert-OH is 1. The van der Waals surface area contributed by atoms with Gasteiger partial charge in [0, 0.05) is 49.6 Å². The number of fused-ring (bicyclic) bond motifs is 1. The zero-order valence-electron chi connectivity index (χ0n) is 20.7. The van der Waals surface area contributed by atoms with E-state index in [0.29, 0.717) is 24.4 Å². The van der Waals surface area contributed by atoms with E-state index in [4.69, 9.17) is 19.4 Å². The molecule has 2 aliphatic rings. The summed E-state index contributed by atoms with van der Waals surface area (Å²) >= 11 is 0. The van der Waals surface area contributed by atoms with Crippen molar-refractivity contribution in [2.24, 2.45) is 0 Å². The third-order valence-electron chi connectivity index (χ3n) is 7.37. The minimum absolute atomic E-state index is 0.0900. The number of aromatic nitrogens is 3. The summed E-state index contributed by atoms with van der Waals surface area (Å²) in [5, 5.41) is 14.2. The first-order valence-corrected chi connectivity index (χ1v) is 12.2. The van der Waals surface area contributed by atoms with E-state index in [9.17, 15) is 5.11 Å². The van der Waals surface area contributed by atoms with Gasteiger partial charge in [0.15, 0.2) is 0 Å². The molecule has 8 nitrogen and oxygen atoms in total. The lowest BCUT2D eigenvalue weighted by molar-refractivity contribution is 0.0247. The number of nitrogens with one attached hydrogen (secondary N) is 1. The molecule has 33 heavy (non-hydrogen) atoms. The van der Waals surface area contributed by atoms with Crippen molar-refractivity contribution in [3.8, 4) is 5.88 Å². The largest absolute Gasteiger partial charge is 0.474 e. The van der Waals surface area contributed by atoms with Gasteiger partial charge in [0.25, 0.3) is 0 Å². The molecule has 2 fully saturated rings. The summed E-state index contributed by atoms with van der Waals surface area (Å²) in [6, 6.07) is 0.0970. The second-order valence-electron chi connectivity index (χ2n) is 10.4. The third-order valence-corrected chi connectivity index (χ3v) is 7.37. The van der Waals surface area contributed by atoms with Crippen LogP contribution in [0.25, 0.3) is 10.9 Å². The van der Waals surface area contributed by atoms with Gasteiger partial charge in [-0.3, -0.25) is 0 Å². The Morgan fingerprint density at radius 2 is 1.94 bits per heavy atom. The van der Waals surface area contributed by atoms with Crippen molar-refractivity contribution in [3.05, 3.63) is 18.0 Å². The first-order valence-electron chi connectivity index (χ1n) is 12.2. The summed E-state index contributed by atoms with van der Waals surface area (Å²) in [7, 11) is 3.86. The van der Waals surface area contributed by atoms with Gasteiger partial charge in [0.1, 0.15) is 6.10 Å². The Bertz CT molecular complexity index is 945. The summed E-state index contributed by atoms with van der Waals surface area (Å²) in [4.78, 5) is 16.6. The lowest BCUT2D eigenvalue weighted by Gasteiger charge is -2.43. The fourth-order valence-electron chi connectivity index (χ4n) is 5.09. The molecule has 0 spiro atoms. The SMILES string of the molecule is COC[C@H](C)Nc1ncc2c(O[C@@H]3CCN(C)C(C)(C)C3)ncc(C3CCC(O)CC3)c2n1. The molecule has 1 aliphatic heterocycles. The van der Waals surface area contributed by atoms with E-state index in [-0.39, 0.29) is 23.8 Å². The smallest absolute Gasteiger partial charge is 0.224 e. The molecule has 2 N–H and O–H groups in total. The molecule has 0 radical (unpaired) electrons.